The minimum atomic E-state index is 0.413. The van der Waals surface area contributed by atoms with Crippen LogP contribution in [0.25, 0.3) is 0 Å². The summed E-state index contributed by atoms with van der Waals surface area (Å²) in [5.74, 6) is 2.69. The molecular weight excluding hydrogens is 230 g/mol. The fourth-order valence-corrected chi connectivity index (χ4v) is 1.82. The Morgan fingerprint density at radius 1 is 1.60 bits per heavy atom. The number of nitrogen functional groups attached to an aromatic ring is 1. The summed E-state index contributed by atoms with van der Waals surface area (Å²) in [7, 11) is 0. The Labute approximate surface area is 99.1 Å². The van der Waals surface area contributed by atoms with E-state index in [4.69, 9.17) is 17.3 Å². The first-order valence-corrected chi connectivity index (χ1v) is 6.11. The van der Waals surface area contributed by atoms with E-state index in [-0.39, 0.29) is 0 Å². The summed E-state index contributed by atoms with van der Waals surface area (Å²) in [5, 5.41) is 3.57. The van der Waals surface area contributed by atoms with Crippen molar-refractivity contribution in [1.29, 1.82) is 0 Å². The molecule has 82 valence electrons. The standard InChI is InChI=1S/C10H14ClN3S/c1-2-4-15-5-3-13-10-7-8(12)6-9(11)14-10/h2,6-7H,1,3-5H2,(H3,12,13,14). The van der Waals surface area contributed by atoms with Crippen molar-refractivity contribution < 1.29 is 0 Å². The summed E-state index contributed by atoms with van der Waals surface area (Å²) in [6, 6.07) is 3.39. The molecule has 3 nitrogen and oxygen atoms in total. The summed E-state index contributed by atoms with van der Waals surface area (Å²) in [5.41, 5.74) is 6.25. The lowest BCUT2D eigenvalue weighted by Crippen LogP contribution is -2.06. The number of nitrogens with zero attached hydrogens (tertiary/aromatic N) is 1. The van der Waals surface area contributed by atoms with Gasteiger partial charge in [0.1, 0.15) is 11.0 Å². The van der Waals surface area contributed by atoms with Gasteiger partial charge in [0.2, 0.25) is 0 Å². The number of nitrogens with two attached hydrogens (primary N) is 1. The molecule has 1 aromatic heterocycles. The normalized spacial score (nSPS) is 9.93. The number of thioether (sulfide) groups is 1. The van der Waals surface area contributed by atoms with Crippen molar-refractivity contribution in [3.8, 4) is 0 Å². The maximum atomic E-state index is 5.76. The van der Waals surface area contributed by atoms with E-state index in [0.29, 0.717) is 10.8 Å². The minimum absolute atomic E-state index is 0.413. The SMILES string of the molecule is C=CCSCCNc1cc(N)cc(Cl)n1. The van der Waals surface area contributed by atoms with Crippen LogP contribution in [0.3, 0.4) is 0 Å². The molecule has 0 aliphatic rings. The molecule has 0 aliphatic heterocycles. The van der Waals surface area contributed by atoms with Gasteiger partial charge in [-0.05, 0) is 6.07 Å². The molecule has 3 N–H and O–H groups in total. The Hall–Kier alpha value is -0.870. The highest BCUT2D eigenvalue weighted by Gasteiger charge is 1.97. The number of aromatic nitrogens is 1. The van der Waals surface area contributed by atoms with Crippen LogP contribution in [0.5, 0.6) is 0 Å². The first kappa shape index (κ1) is 12.2. The van der Waals surface area contributed by atoms with Gasteiger partial charge in [-0.3, -0.25) is 0 Å². The first-order chi connectivity index (χ1) is 7.22. The molecule has 0 spiro atoms. The van der Waals surface area contributed by atoms with Crippen LogP contribution < -0.4 is 11.1 Å². The average molecular weight is 244 g/mol. The molecule has 0 unspecified atom stereocenters. The Morgan fingerprint density at radius 2 is 2.40 bits per heavy atom. The Balaban J connectivity index is 2.33. The van der Waals surface area contributed by atoms with Gasteiger partial charge >= 0.3 is 0 Å². The van der Waals surface area contributed by atoms with Gasteiger partial charge in [0.05, 0.1) is 0 Å². The second-order valence-electron chi connectivity index (χ2n) is 2.90. The number of rotatable bonds is 6. The maximum absolute atomic E-state index is 5.76. The van der Waals surface area contributed by atoms with Gasteiger partial charge in [0.15, 0.2) is 0 Å². The zero-order valence-corrected chi connectivity index (χ0v) is 9.94. The third kappa shape index (κ3) is 4.95. The topological polar surface area (TPSA) is 50.9 Å². The lowest BCUT2D eigenvalue weighted by Gasteiger charge is -2.05. The second-order valence-corrected chi connectivity index (χ2v) is 4.44. The second kappa shape index (κ2) is 6.58. The maximum Gasteiger partial charge on any atom is 0.133 e. The van der Waals surface area contributed by atoms with Crippen LogP contribution in [0.4, 0.5) is 11.5 Å². The van der Waals surface area contributed by atoms with Gasteiger partial charge in [-0.1, -0.05) is 17.7 Å². The Morgan fingerprint density at radius 3 is 3.07 bits per heavy atom. The molecule has 0 saturated carbocycles. The third-order valence-corrected chi connectivity index (χ3v) is 2.76. The summed E-state index contributed by atoms with van der Waals surface area (Å²) in [4.78, 5) is 4.10. The van der Waals surface area contributed by atoms with E-state index in [1.165, 1.54) is 0 Å². The van der Waals surface area contributed by atoms with E-state index in [9.17, 15) is 0 Å². The fourth-order valence-electron chi connectivity index (χ4n) is 1.03. The molecular formula is C10H14ClN3S. The Bertz CT molecular complexity index is 310. The number of halogens is 1. The van der Waals surface area contributed by atoms with E-state index < -0.39 is 0 Å². The monoisotopic (exact) mass is 243 g/mol. The zero-order chi connectivity index (χ0) is 11.1. The number of anilines is 2. The fraction of sp³-hybridized carbons (Fsp3) is 0.300. The molecule has 0 amide bonds. The Kier molecular flexibility index (Phi) is 5.36. The molecule has 0 bridgehead atoms. The van der Waals surface area contributed by atoms with Crippen molar-refractivity contribution in [3.05, 3.63) is 29.9 Å². The van der Waals surface area contributed by atoms with Gasteiger partial charge in [-0.2, -0.15) is 11.8 Å². The lowest BCUT2D eigenvalue weighted by molar-refractivity contribution is 1.17. The van der Waals surface area contributed by atoms with Crippen molar-refractivity contribution in [2.24, 2.45) is 0 Å². The predicted octanol–water partition coefficient (Wildman–Crippen LogP) is 2.65. The highest BCUT2D eigenvalue weighted by molar-refractivity contribution is 7.99. The molecule has 0 saturated heterocycles. The molecule has 5 heteroatoms. The van der Waals surface area contributed by atoms with E-state index in [1.807, 2.05) is 17.8 Å². The lowest BCUT2D eigenvalue weighted by atomic mass is 10.4. The van der Waals surface area contributed by atoms with Crippen LogP contribution >= 0.6 is 23.4 Å². The van der Waals surface area contributed by atoms with Crippen LogP contribution in [0, 0.1) is 0 Å². The molecule has 15 heavy (non-hydrogen) atoms. The molecule has 0 radical (unpaired) electrons. The summed E-state index contributed by atoms with van der Waals surface area (Å²) in [6.45, 7) is 4.49. The number of hydrogen-bond acceptors (Lipinski definition) is 4. The summed E-state index contributed by atoms with van der Waals surface area (Å²) in [6.07, 6.45) is 1.89. The van der Waals surface area contributed by atoms with E-state index in [0.717, 1.165) is 23.9 Å². The quantitative estimate of drug-likeness (QED) is 0.458. The minimum Gasteiger partial charge on any atom is -0.399 e. The summed E-state index contributed by atoms with van der Waals surface area (Å²) >= 11 is 7.57. The number of hydrogen-bond donors (Lipinski definition) is 2. The molecule has 0 aromatic carbocycles. The van der Waals surface area contributed by atoms with Gasteiger partial charge in [-0.15, -0.1) is 6.58 Å². The predicted molar refractivity (Wildman–Crippen MR) is 69.7 cm³/mol. The van der Waals surface area contributed by atoms with Crippen LogP contribution in [-0.4, -0.2) is 23.0 Å². The highest BCUT2D eigenvalue weighted by Crippen LogP contribution is 2.15. The van der Waals surface area contributed by atoms with Crippen molar-refractivity contribution in [2.45, 2.75) is 0 Å². The van der Waals surface area contributed by atoms with Crippen LogP contribution in [0.1, 0.15) is 0 Å². The first-order valence-electron chi connectivity index (χ1n) is 4.58. The van der Waals surface area contributed by atoms with Crippen molar-refractivity contribution in [1.82, 2.24) is 4.98 Å². The van der Waals surface area contributed by atoms with Gasteiger partial charge in [0.25, 0.3) is 0 Å². The molecule has 0 fully saturated rings. The van der Waals surface area contributed by atoms with E-state index in [1.54, 1.807) is 12.1 Å². The van der Waals surface area contributed by atoms with Crippen molar-refractivity contribution in [3.63, 3.8) is 0 Å². The number of nitrogens with one attached hydrogen (secondary N) is 1. The van der Waals surface area contributed by atoms with Crippen LogP contribution in [0.2, 0.25) is 5.15 Å². The smallest absolute Gasteiger partial charge is 0.133 e. The molecule has 1 heterocycles. The van der Waals surface area contributed by atoms with E-state index in [2.05, 4.69) is 16.9 Å². The van der Waals surface area contributed by atoms with Crippen LogP contribution in [-0.2, 0) is 0 Å². The zero-order valence-electron chi connectivity index (χ0n) is 8.37. The van der Waals surface area contributed by atoms with Gasteiger partial charge in [0, 0.05) is 29.8 Å². The molecule has 0 atom stereocenters. The van der Waals surface area contributed by atoms with E-state index >= 15 is 0 Å². The number of pyridine rings is 1. The van der Waals surface area contributed by atoms with Gasteiger partial charge in [-0.25, -0.2) is 4.98 Å². The molecule has 1 rings (SSSR count). The van der Waals surface area contributed by atoms with Crippen molar-refractivity contribution >= 4 is 34.9 Å². The van der Waals surface area contributed by atoms with Crippen LogP contribution in [0.15, 0.2) is 24.8 Å². The average Bonchev–Trinajstić information content (AvgIpc) is 2.16. The van der Waals surface area contributed by atoms with Crippen molar-refractivity contribution in [2.75, 3.05) is 29.1 Å². The summed E-state index contributed by atoms with van der Waals surface area (Å²) < 4.78 is 0. The molecule has 0 aliphatic carbocycles. The highest BCUT2D eigenvalue weighted by atomic mass is 35.5. The van der Waals surface area contributed by atoms with Gasteiger partial charge < -0.3 is 11.1 Å². The molecule has 1 aromatic rings. The third-order valence-electron chi connectivity index (χ3n) is 1.60. The largest absolute Gasteiger partial charge is 0.399 e.